The van der Waals surface area contributed by atoms with E-state index in [1.54, 1.807) is 27.8 Å². The van der Waals surface area contributed by atoms with Crippen LogP contribution in [0.15, 0.2) is 53.7 Å². The Morgan fingerprint density at radius 2 is 2.14 bits per heavy atom. The minimum atomic E-state index is -0.960. The number of hydrogen-bond acceptors (Lipinski definition) is 4. The molecule has 0 spiro atoms. The Kier molecular flexibility index (Phi) is 4.92. The van der Waals surface area contributed by atoms with E-state index < -0.39 is 6.09 Å². The van der Waals surface area contributed by atoms with Crippen LogP contribution in [0.3, 0.4) is 0 Å². The Hall–Kier alpha value is -3.42. The number of nitrogens with zero attached hydrogens (tertiary/aromatic N) is 5. The number of carboxylic acid groups (broad SMARTS) is 1. The highest BCUT2D eigenvalue weighted by molar-refractivity contribution is 5.86. The maximum Gasteiger partial charge on any atom is 0.411 e. The van der Waals surface area contributed by atoms with Crippen LogP contribution in [0.4, 0.5) is 10.5 Å². The summed E-state index contributed by atoms with van der Waals surface area (Å²) in [5, 5.41) is 18.2. The molecule has 8 nitrogen and oxygen atoms in total. The van der Waals surface area contributed by atoms with Crippen LogP contribution >= 0.6 is 0 Å². The highest BCUT2D eigenvalue weighted by atomic mass is 16.4. The maximum absolute atomic E-state index is 12.3. The van der Waals surface area contributed by atoms with E-state index in [1.165, 1.54) is 11.0 Å². The Balaban J connectivity index is 1.59. The van der Waals surface area contributed by atoms with Crippen LogP contribution in [0.5, 0.6) is 0 Å². The van der Waals surface area contributed by atoms with Gasteiger partial charge in [-0.1, -0.05) is 19.1 Å². The molecule has 2 unspecified atom stereocenters. The van der Waals surface area contributed by atoms with E-state index in [0.29, 0.717) is 36.2 Å². The molecular weight excluding hydrogens is 370 g/mol. The second-order valence-electron chi connectivity index (χ2n) is 7.66. The van der Waals surface area contributed by atoms with Crippen molar-refractivity contribution in [3.8, 4) is 5.69 Å². The lowest BCUT2D eigenvalue weighted by atomic mass is 10.1. The Morgan fingerprint density at radius 1 is 1.34 bits per heavy atom. The maximum atomic E-state index is 12.3. The minimum absolute atomic E-state index is 0.155. The standard InChI is InChI=1S/C21H23N5O3/c1-14-8-16(14)12-25(21(28)29)17-5-3-4-15(9-17)10-19-20(27)6-7-26(23-19)18-11-22-24(2)13-18/h3-7,9,11,13-14,16H,8,10,12H2,1-2H3,(H,28,29). The van der Waals surface area contributed by atoms with Gasteiger partial charge in [0.05, 0.1) is 12.4 Å². The van der Waals surface area contributed by atoms with Crippen LogP contribution < -0.4 is 10.3 Å². The second kappa shape index (κ2) is 7.54. The fourth-order valence-corrected chi connectivity index (χ4v) is 3.45. The number of carbonyl (C=O) groups is 1. The van der Waals surface area contributed by atoms with Gasteiger partial charge in [0.25, 0.3) is 0 Å². The van der Waals surface area contributed by atoms with E-state index in [-0.39, 0.29) is 5.43 Å². The highest BCUT2D eigenvalue weighted by Crippen LogP contribution is 2.39. The Bertz CT molecular complexity index is 1100. The normalized spacial score (nSPS) is 17.9. The zero-order valence-corrected chi connectivity index (χ0v) is 16.4. The Labute approximate surface area is 168 Å². The van der Waals surface area contributed by atoms with Crippen molar-refractivity contribution < 1.29 is 9.90 Å². The third-order valence-electron chi connectivity index (χ3n) is 5.35. The first-order valence-corrected chi connectivity index (χ1v) is 9.58. The summed E-state index contributed by atoms with van der Waals surface area (Å²) < 4.78 is 3.28. The second-order valence-corrected chi connectivity index (χ2v) is 7.66. The lowest BCUT2D eigenvalue weighted by Gasteiger charge is -2.20. The molecule has 1 saturated carbocycles. The number of aromatic nitrogens is 4. The van der Waals surface area contributed by atoms with Gasteiger partial charge in [-0.3, -0.25) is 14.4 Å². The van der Waals surface area contributed by atoms with Crippen LogP contribution in [0.2, 0.25) is 0 Å². The third kappa shape index (κ3) is 4.21. The van der Waals surface area contributed by atoms with Crippen molar-refractivity contribution in [3.05, 3.63) is 70.4 Å². The average Bonchev–Trinajstić information content (AvgIpc) is 3.21. The molecule has 2 aromatic heterocycles. The summed E-state index contributed by atoms with van der Waals surface area (Å²) in [4.78, 5) is 25.5. The summed E-state index contributed by atoms with van der Waals surface area (Å²) in [6.45, 7) is 2.63. The lowest BCUT2D eigenvalue weighted by Crippen LogP contribution is -2.31. The van der Waals surface area contributed by atoms with Gasteiger partial charge in [-0.05, 0) is 36.0 Å². The topological polar surface area (TPSA) is 93.2 Å². The zero-order chi connectivity index (χ0) is 20.5. The van der Waals surface area contributed by atoms with Crippen LogP contribution in [0.1, 0.15) is 24.6 Å². The van der Waals surface area contributed by atoms with E-state index in [9.17, 15) is 14.7 Å². The average molecular weight is 393 g/mol. The van der Waals surface area contributed by atoms with Crippen molar-refractivity contribution in [1.82, 2.24) is 19.6 Å². The molecule has 4 rings (SSSR count). The first-order valence-electron chi connectivity index (χ1n) is 9.58. The summed E-state index contributed by atoms with van der Waals surface area (Å²) >= 11 is 0. The van der Waals surface area contributed by atoms with E-state index in [1.807, 2.05) is 31.4 Å². The van der Waals surface area contributed by atoms with Gasteiger partial charge in [0.2, 0.25) is 5.43 Å². The van der Waals surface area contributed by atoms with Crippen molar-refractivity contribution >= 4 is 11.8 Å². The molecule has 1 aromatic carbocycles. The smallest absolute Gasteiger partial charge is 0.411 e. The molecule has 150 valence electrons. The van der Waals surface area contributed by atoms with Crippen LogP contribution in [0, 0.1) is 11.8 Å². The number of aryl methyl sites for hydroxylation is 1. The van der Waals surface area contributed by atoms with Gasteiger partial charge in [0.15, 0.2) is 0 Å². The monoisotopic (exact) mass is 393 g/mol. The summed E-state index contributed by atoms with van der Waals surface area (Å²) in [6.07, 6.45) is 5.52. The largest absolute Gasteiger partial charge is 0.465 e. The molecule has 3 aromatic rings. The molecule has 1 fully saturated rings. The SMILES string of the molecule is CC1CC1CN(C(=O)O)c1cccc(Cc2nn(-c3cnn(C)c3)ccc2=O)c1. The number of rotatable bonds is 6. The van der Waals surface area contributed by atoms with Crippen molar-refractivity contribution in [2.45, 2.75) is 19.8 Å². The van der Waals surface area contributed by atoms with Crippen LogP contribution in [-0.4, -0.2) is 37.3 Å². The summed E-state index contributed by atoms with van der Waals surface area (Å²) in [6, 6.07) is 8.79. The van der Waals surface area contributed by atoms with Crippen molar-refractivity contribution in [2.24, 2.45) is 18.9 Å². The van der Waals surface area contributed by atoms with Crippen molar-refractivity contribution in [3.63, 3.8) is 0 Å². The quantitative estimate of drug-likeness (QED) is 0.695. The van der Waals surface area contributed by atoms with Gasteiger partial charge in [0.1, 0.15) is 11.4 Å². The summed E-state index contributed by atoms with van der Waals surface area (Å²) in [7, 11) is 1.81. The van der Waals surface area contributed by atoms with Gasteiger partial charge in [0, 0.05) is 38.0 Å². The molecule has 0 bridgehead atoms. The van der Waals surface area contributed by atoms with E-state index >= 15 is 0 Å². The summed E-state index contributed by atoms with van der Waals surface area (Å²) in [5.41, 5.74) is 2.46. The number of benzene rings is 1. The molecule has 2 heterocycles. The molecule has 1 N–H and O–H groups in total. The lowest BCUT2D eigenvalue weighted by molar-refractivity contribution is 0.201. The molecule has 0 saturated heterocycles. The van der Waals surface area contributed by atoms with Crippen LogP contribution in [0.25, 0.3) is 5.69 Å². The molecule has 2 atom stereocenters. The molecule has 0 radical (unpaired) electrons. The van der Waals surface area contributed by atoms with Gasteiger partial charge >= 0.3 is 6.09 Å². The fourth-order valence-electron chi connectivity index (χ4n) is 3.45. The first kappa shape index (κ1) is 18.9. The predicted molar refractivity (Wildman–Crippen MR) is 108 cm³/mol. The summed E-state index contributed by atoms with van der Waals surface area (Å²) in [5.74, 6) is 0.983. The fraction of sp³-hybridized carbons (Fsp3) is 0.333. The van der Waals surface area contributed by atoms with Gasteiger partial charge in [-0.15, -0.1) is 0 Å². The van der Waals surface area contributed by atoms with Crippen molar-refractivity contribution in [1.29, 1.82) is 0 Å². The zero-order valence-electron chi connectivity index (χ0n) is 16.4. The molecule has 1 aliphatic carbocycles. The molecule has 8 heteroatoms. The van der Waals surface area contributed by atoms with Gasteiger partial charge in [-0.25, -0.2) is 9.48 Å². The minimum Gasteiger partial charge on any atom is -0.465 e. The van der Waals surface area contributed by atoms with E-state index in [4.69, 9.17) is 0 Å². The predicted octanol–water partition coefficient (Wildman–Crippen LogP) is 2.70. The number of anilines is 1. The first-order chi connectivity index (χ1) is 13.9. The van der Waals surface area contributed by atoms with Crippen LogP contribution in [-0.2, 0) is 13.5 Å². The molecule has 1 amide bonds. The molecular formula is C21H23N5O3. The molecule has 1 aliphatic rings. The third-order valence-corrected chi connectivity index (χ3v) is 5.35. The molecule has 29 heavy (non-hydrogen) atoms. The highest BCUT2D eigenvalue weighted by Gasteiger charge is 2.35. The molecule has 0 aliphatic heterocycles. The van der Waals surface area contributed by atoms with Crippen molar-refractivity contribution in [2.75, 3.05) is 11.4 Å². The van der Waals surface area contributed by atoms with Gasteiger partial charge < -0.3 is 5.11 Å². The Morgan fingerprint density at radius 3 is 2.79 bits per heavy atom. The number of amides is 1. The van der Waals surface area contributed by atoms with E-state index in [0.717, 1.165) is 17.7 Å². The number of hydrogen-bond donors (Lipinski definition) is 1. The van der Waals surface area contributed by atoms with E-state index in [2.05, 4.69) is 17.1 Å². The van der Waals surface area contributed by atoms with Gasteiger partial charge in [-0.2, -0.15) is 10.2 Å².